The minimum atomic E-state index is -0.926. The number of imidazole rings is 1. The molecular formula is C26H19FN6O3. The van der Waals surface area contributed by atoms with E-state index in [0.717, 1.165) is 6.07 Å². The molecule has 0 aliphatic carbocycles. The van der Waals surface area contributed by atoms with Gasteiger partial charge in [-0.15, -0.1) is 0 Å². The molecule has 5 aromatic rings. The molecule has 5 rings (SSSR count). The van der Waals surface area contributed by atoms with Crippen LogP contribution in [0.4, 0.5) is 15.9 Å². The first kappa shape index (κ1) is 22.7. The van der Waals surface area contributed by atoms with Crippen LogP contribution in [0.1, 0.15) is 15.9 Å². The summed E-state index contributed by atoms with van der Waals surface area (Å²) in [5.41, 5.74) is 10.2. The number of nitrogens with two attached hydrogens (primary N) is 1. The number of nitrogens with one attached hydrogen (secondary N) is 2. The Bertz CT molecular complexity index is 1630. The molecule has 0 spiro atoms. The van der Waals surface area contributed by atoms with Gasteiger partial charge in [0, 0.05) is 16.8 Å². The van der Waals surface area contributed by atoms with Gasteiger partial charge in [0.15, 0.2) is 11.6 Å². The number of rotatable bonds is 6. The first-order valence-corrected chi connectivity index (χ1v) is 10.9. The number of carboxylic acids is 1. The summed E-state index contributed by atoms with van der Waals surface area (Å²) in [7, 11) is 0. The van der Waals surface area contributed by atoms with Crippen LogP contribution >= 0.6 is 0 Å². The lowest BCUT2D eigenvalue weighted by Gasteiger charge is -2.06. The Morgan fingerprint density at radius 2 is 1.86 bits per heavy atom. The van der Waals surface area contributed by atoms with Gasteiger partial charge in [-0.2, -0.15) is 0 Å². The van der Waals surface area contributed by atoms with Crippen molar-refractivity contribution >= 4 is 34.4 Å². The standard InChI is InChI=1S/C26H19FN6O3/c27-17-6-2-5-16(11-17)26(36)30-18-7-8-19-20(12-18)33-25(32-19)23-24(28)29-13-21(31-23)15-4-1-3-14(9-15)10-22(34)35/h1-9,11-13H,10H2,(H2,28,29)(H,30,36)(H,32,33)(H,34,35). The van der Waals surface area contributed by atoms with Gasteiger partial charge in [0.05, 0.1) is 29.3 Å². The van der Waals surface area contributed by atoms with Gasteiger partial charge < -0.3 is 21.1 Å². The molecule has 2 aromatic heterocycles. The molecule has 178 valence electrons. The van der Waals surface area contributed by atoms with Crippen molar-refractivity contribution in [3.63, 3.8) is 0 Å². The van der Waals surface area contributed by atoms with Crippen LogP contribution in [0.5, 0.6) is 0 Å². The highest BCUT2D eigenvalue weighted by Gasteiger charge is 2.15. The first-order valence-electron chi connectivity index (χ1n) is 10.9. The molecule has 2 heterocycles. The molecule has 9 nitrogen and oxygen atoms in total. The number of hydrogen-bond acceptors (Lipinski definition) is 6. The van der Waals surface area contributed by atoms with E-state index in [-0.39, 0.29) is 17.8 Å². The van der Waals surface area contributed by atoms with Crippen molar-refractivity contribution in [1.82, 2.24) is 19.9 Å². The molecule has 0 bridgehead atoms. The van der Waals surface area contributed by atoms with Crippen molar-refractivity contribution < 1.29 is 19.1 Å². The molecule has 3 aromatic carbocycles. The van der Waals surface area contributed by atoms with Gasteiger partial charge >= 0.3 is 5.97 Å². The molecule has 0 saturated heterocycles. The fraction of sp³-hybridized carbons (Fsp3) is 0.0385. The van der Waals surface area contributed by atoms with Crippen molar-refractivity contribution in [3.8, 4) is 22.8 Å². The molecule has 0 fully saturated rings. The largest absolute Gasteiger partial charge is 0.481 e. The first-order chi connectivity index (χ1) is 17.4. The van der Waals surface area contributed by atoms with Crippen molar-refractivity contribution in [2.75, 3.05) is 11.1 Å². The number of carbonyl (C=O) groups is 2. The maximum Gasteiger partial charge on any atom is 0.307 e. The summed E-state index contributed by atoms with van der Waals surface area (Å²) in [6, 6.07) is 17.6. The normalized spacial score (nSPS) is 10.9. The second-order valence-corrected chi connectivity index (χ2v) is 8.04. The zero-order valence-electron chi connectivity index (χ0n) is 18.7. The number of halogens is 1. The van der Waals surface area contributed by atoms with E-state index in [1.807, 2.05) is 6.07 Å². The number of carbonyl (C=O) groups excluding carboxylic acids is 1. The Morgan fingerprint density at radius 1 is 1.03 bits per heavy atom. The van der Waals surface area contributed by atoms with E-state index in [9.17, 15) is 14.0 Å². The Labute approximate surface area is 203 Å². The molecule has 1 amide bonds. The summed E-state index contributed by atoms with van der Waals surface area (Å²) in [6.45, 7) is 0. The minimum Gasteiger partial charge on any atom is -0.481 e. The number of hydrogen-bond donors (Lipinski definition) is 4. The SMILES string of the molecule is Nc1ncc(-c2cccc(CC(=O)O)c2)nc1-c1nc2ccc(NC(=O)c3cccc(F)c3)cc2[nH]1. The lowest BCUT2D eigenvalue weighted by atomic mass is 10.1. The van der Waals surface area contributed by atoms with E-state index < -0.39 is 17.7 Å². The van der Waals surface area contributed by atoms with Gasteiger partial charge in [0.25, 0.3) is 5.91 Å². The smallest absolute Gasteiger partial charge is 0.307 e. The highest BCUT2D eigenvalue weighted by atomic mass is 19.1. The minimum absolute atomic E-state index is 0.106. The molecule has 0 radical (unpaired) electrons. The summed E-state index contributed by atoms with van der Waals surface area (Å²) in [5, 5.41) is 11.8. The number of nitrogens with zero attached hydrogens (tertiary/aromatic N) is 3. The van der Waals surface area contributed by atoms with Crippen LogP contribution in [0.15, 0.2) is 72.9 Å². The van der Waals surface area contributed by atoms with Gasteiger partial charge in [0.2, 0.25) is 0 Å². The summed E-state index contributed by atoms with van der Waals surface area (Å²) in [6.07, 6.45) is 1.41. The summed E-state index contributed by atoms with van der Waals surface area (Å²) < 4.78 is 13.4. The molecule has 5 N–H and O–H groups in total. The molecule has 0 saturated carbocycles. The van der Waals surface area contributed by atoms with Crippen LogP contribution in [-0.2, 0) is 11.2 Å². The van der Waals surface area contributed by atoms with Gasteiger partial charge in [-0.3, -0.25) is 9.59 Å². The van der Waals surface area contributed by atoms with Gasteiger partial charge in [-0.05, 0) is 48.0 Å². The average molecular weight is 482 g/mol. The lowest BCUT2D eigenvalue weighted by Crippen LogP contribution is -2.11. The summed E-state index contributed by atoms with van der Waals surface area (Å²) in [5.74, 6) is -1.32. The van der Waals surface area contributed by atoms with Crippen LogP contribution < -0.4 is 11.1 Å². The Kier molecular flexibility index (Phi) is 5.83. The predicted octanol–water partition coefficient (Wildman–Crippen LogP) is 4.29. The van der Waals surface area contributed by atoms with Crippen molar-refractivity contribution in [2.24, 2.45) is 0 Å². The van der Waals surface area contributed by atoms with Gasteiger partial charge in [-0.1, -0.05) is 24.3 Å². The zero-order valence-corrected chi connectivity index (χ0v) is 18.7. The molecule has 0 aliphatic heterocycles. The number of aromatic amines is 1. The van der Waals surface area contributed by atoms with Crippen LogP contribution in [0.2, 0.25) is 0 Å². The van der Waals surface area contributed by atoms with E-state index in [4.69, 9.17) is 10.8 Å². The number of aliphatic carboxylic acids is 1. The number of aromatic nitrogens is 4. The average Bonchev–Trinajstić information content (AvgIpc) is 3.27. The molecule has 0 unspecified atom stereocenters. The quantitative estimate of drug-likeness (QED) is 0.282. The van der Waals surface area contributed by atoms with Crippen molar-refractivity contribution in [1.29, 1.82) is 0 Å². The van der Waals surface area contributed by atoms with E-state index in [0.29, 0.717) is 45.1 Å². The molecule has 0 atom stereocenters. The van der Waals surface area contributed by atoms with Crippen LogP contribution in [0.25, 0.3) is 33.8 Å². The number of benzene rings is 3. The maximum absolute atomic E-state index is 13.4. The number of nitrogen functional groups attached to an aromatic ring is 1. The Morgan fingerprint density at radius 3 is 2.67 bits per heavy atom. The molecule has 10 heteroatoms. The number of H-pyrrole nitrogens is 1. The summed E-state index contributed by atoms with van der Waals surface area (Å²) in [4.78, 5) is 40.1. The fourth-order valence-corrected chi connectivity index (χ4v) is 3.76. The molecule has 36 heavy (non-hydrogen) atoms. The number of amides is 1. The zero-order chi connectivity index (χ0) is 25.2. The second-order valence-electron chi connectivity index (χ2n) is 8.04. The number of anilines is 2. The van der Waals surface area contributed by atoms with Crippen LogP contribution in [-0.4, -0.2) is 36.9 Å². The van der Waals surface area contributed by atoms with Gasteiger partial charge in [-0.25, -0.2) is 19.3 Å². The fourth-order valence-electron chi connectivity index (χ4n) is 3.76. The molecular weight excluding hydrogens is 463 g/mol. The monoisotopic (exact) mass is 482 g/mol. The lowest BCUT2D eigenvalue weighted by molar-refractivity contribution is -0.136. The van der Waals surface area contributed by atoms with E-state index in [2.05, 4.69) is 25.3 Å². The maximum atomic E-state index is 13.4. The van der Waals surface area contributed by atoms with E-state index >= 15 is 0 Å². The van der Waals surface area contributed by atoms with Crippen molar-refractivity contribution in [3.05, 3.63) is 89.9 Å². The third-order valence-corrected chi connectivity index (χ3v) is 5.43. The topological polar surface area (TPSA) is 147 Å². The number of carboxylic acid groups (broad SMARTS) is 1. The highest BCUT2D eigenvalue weighted by molar-refractivity contribution is 6.05. The highest BCUT2D eigenvalue weighted by Crippen LogP contribution is 2.27. The third kappa shape index (κ3) is 4.73. The predicted molar refractivity (Wildman–Crippen MR) is 133 cm³/mol. The van der Waals surface area contributed by atoms with Crippen molar-refractivity contribution in [2.45, 2.75) is 6.42 Å². The Balaban J connectivity index is 1.44. The second kappa shape index (κ2) is 9.26. The number of fused-ring (bicyclic) bond motifs is 1. The molecule has 0 aliphatic rings. The van der Waals surface area contributed by atoms with Crippen LogP contribution in [0, 0.1) is 5.82 Å². The summed E-state index contributed by atoms with van der Waals surface area (Å²) >= 11 is 0. The van der Waals surface area contributed by atoms with E-state index in [1.165, 1.54) is 24.4 Å². The Hall–Kier alpha value is -5.12. The third-order valence-electron chi connectivity index (χ3n) is 5.43. The van der Waals surface area contributed by atoms with Crippen LogP contribution in [0.3, 0.4) is 0 Å². The van der Waals surface area contributed by atoms with Gasteiger partial charge in [0.1, 0.15) is 11.5 Å². The van der Waals surface area contributed by atoms with E-state index in [1.54, 1.807) is 36.4 Å².